The number of hydrogen-bond donors (Lipinski definition) is 2. The molecule has 0 saturated carbocycles. The molecular weight excluding hydrogens is 302 g/mol. The second-order valence-electron chi connectivity index (χ2n) is 5.85. The average molecular weight is 335 g/mol. The van der Waals surface area contributed by atoms with E-state index in [1.807, 2.05) is 12.1 Å². The summed E-state index contributed by atoms with van der Waals surface area (Å²) in [5.74, 6) is 2.21. The van der Waals surface area contributed by atoms with Crippen molar-refractivity contribution in [2.24, 2.45) is 4.99 Å². The highest BCUT2D eigenvalue weighted by atomic mass is 16.5. The van der Waals surface area contributed by atoms with Crippen molar-refractivity contribution < 1.29 is 9.47 Å². The second kappa shape index (κ2) is 12.6. The maximum atomic E-state index is 5.53. The first kappa shape index (κ1) is 20.3. The van der Waals surface area contributed by atoms with Crippen LogP contribution in [0.1, 0.15) is 44.6 Å². The van der Waals surface area contributed by atoms with Gasteiger partial charge in [-0.1, -0.05) is 32.4 Å². The second-order valence-corrected chi connectivity index (χ2v) is 5.85. The number of aliphatic imine (C=N–C) groups is 1. The summed E-state index contributed by atoms with van der Waals surface area (Å²) in [6, 6.07) is 8.28. The first-order chi connectivity index (χ1) is 11.7. The van der Waals surface area contributed by atoms with E-state index >= 15 is 0 Å². The van der Waals surface area contributed by atoms with E-state index in [0.717, 1.165) is 44.2 Å². The Morgan fingerprint density at radius 3 is 2.46 bits per heavy atom. The lowest BCUT2D eigenvalue weighted by Crippen LogP contribution is -2.39. The average Bonchev–Trinajstić information content (AvgIpc) is 2.62. The topological polar surface area (TPSA) is 54.9 Å². The van der Waals surface area contributed by atoms with Gasteiger partial charge >= 0.3 is 0 Å². The highest BCUT2D eigenvalue weighted by Crippen LogP contribution is 2.21. The lowest BCUT2D eigenvalue weighted by Gasteiger charge is -2.15. The summed E-state index contributed by atoms with van der Waals surface area (Å²) in [5.41, 5.74) is 1.32. The van der Waals surface area contributed by atoms with Crippen LogP contribution in [0.3, 0.4) is 0 Å². The van der Waals surface area contributed by atoms with E-state index in [2.05, 4.69) is 41.6 Å². The predicted octanol–water partition coefficient (Wildman–Crippen LogP) is 3.17. The fourth-order valence-corrected chi connectivity index (χ4v) is 2.32. The van der Waals surface area contributed by atoms with Crippen LogP contribution in [0.4, 0.5) is 0 Å². The SMILES string of the molecule is CCCCOCCNC(=NC)NCCC(C)c1ccc(OC)cc1. The zero-order chi connectivity index (χ0) is 17.6. The number of benzene rings is 1. The summed E-state index contributed by atoms with van der Waals surface area (Å²) in [4.78, 5) is 4.24. The lowest BCUT2D eigenvalue weighted by atomic mass is 9.98. The zero-order valence-electron chi connectivity index (χ0n) is 15.6. The van der Waals surface area contributed by atoms with Crippen LogP contribution in [-0.4, -0.2) is 46.4 Å². The molecule has 5 nitrogen and oxygen atoms in total. The van der Waals surface area contributed by atoms with Gasteiger partial charge in [-0.25, -0.2) is 0 Å². The van der Waals surface area contributed by atoms with Gasteiger partial charge in [0.2, 0.25) is 0 Å². The Balaban J connectivity index is 2.20. The molecule has 24 heavy (non-hydrogen) atoms. The maximum absolute atomic E-state index is 5.53. The number of methoxy groups -OCH3 is 1. The Labute approximate surface area is 146 Å². The normalized spacial score (nSPS) is 12.8. The Morgan fingerprint density at radius 2 is 1.83 bits per heavy atom. The number of rotatable bonds is 11. The maximum Gasteiger partial charge on any atom is 0.191 e. The Morgan fingerprint density at radius 1 is 1.12 bits per heavy atom. The van der Waals surface area contributed by atoms with E-state index in [1.54, 1.807) is 14.2 Å². The summed E-state index contributed by atoms with van der Waals surface area (Å²) in [7, 11) is 3.48. The van der Waals surface area contributed by atoms with Crippen LogP contribution in [-0.2, 0) is 4.74 Å². The van der Waals surface area contributed by atoms with Gasteiger partial charge in [-0.05, 0) is 36.5 Å². The highest BCUT2D eigenvalue weighted by Gasteiger charge is 2.06. The van der Waals surface area contributed by atoms with Crippen molar-refractivity contribution in [1.29, 1.82) is 0 Å². The van der Waals surface area contributed by atoms with Crippen molar-refractivity contribution >= 4 is 5.96 Å². The Bertz CT molecular complexity index is 460. The first-order valence-corrected chi connectivity index (χ1v) is 8.87. The minimum absolute atomic E-state index is 0.485. The van der Waals surface area contributed by atoms with Crippen LogP contribution in [0.2, 0.25) is 0 Å². The number of guanidine groups is 1. The van der Waals surface area contributed by atoms with E-state index in [4.69, 9.17) is 9.47 Å². The molecule has 0 bridgehead atoms. The third kappa shape index (κ3) is 8.20. The molecule has 0 radical (unpaired) electrons. The molecule has 1 aromatic rings. The fourth-order valence-electron chi connectivity index (χ4n) is 2.32. The quantitative estimate of drug-likeness (QED) is 0.370. The van der Waals surface area contributed by atoms with Crippen molar-refractivity contribution in [1.82, 2.24) is 10.6 Å². The van der Waals surface area contributed by atoms with Crippen LogP contribution in [0.5, 0.6) is 5.75 Å². The number of hydrogen-bond acceptors (Lipinski definition) is 3. The summed E-state index contributed by atoms with van der Waals surface area (Å²) >= 11 is 0. The van der Waals surface area contributed by atoms with Gasteiger partial charge in [0.25, 0.3) is 0 Å². The smallest absolute Gasteiger partial charge is 0.191 e. The minimum atomic E-state index is 0.485. The van der Waals surface area contributed by atoms with Crippen LogP contribution in [0.25, 0.3) is 0 Å². The van der Waals surface area contributed by atoms with Gasteiger partial charge in [-0.15, -0.1) is 0 Å². The molecule has 1 atom stereocenters. The van der Waals surface area contributed by atoms with Crippen molar-refractivity contribution in [3.05, 3.63) is 29.8 Å². The van der Waals surface area contributed by atoms with Crippen molar-refractivity contribution in [2.45, 2.75) is 39.0 Å². The number of nitrogens with zero attached hydrogens (tertiary/aromatic N) is 1. The summed E-state index contributed by atoms with van der Waals surface area (Å²) in [6.45, 7) is 7.61. The number of unbranched alkanes of at least 4 members (excludes halogenated alkanes) is 1. The first-order valence-electron chi connectivity index (χ1n) is 8.87. The van der Waals surface area contributed by atoms with E-state index < -0.39 is 0 Å². The summed E-state index contributed by atoms with van der Waals surface area (Å²) in [5, 5.41) is 6.63. The highest BCUT2D eigenvalue weighted by molar-refractivity contribution is 5.79. The largest absolute Gasteiger partial charge is 0.497 e. The zero-order valence-corrected chi connectivity index (χ0v) is 15.6. The molecule has 1 unspecified atom stereocenters. The molecule has 0 aliphatic carbocycles. The number of nitrogens with one attached hydrogen (secondary N) is 2. The molecule has 0 spiro atoms. The van der Waals surface area contributed by atoms with Crippen LogP contribution < -0.4 is 15.4 Å². The van der Waals surface area contributed by atoms with Crippen molar-refractivity contribution in [3.63, 3.8) is 0 Å². The third-order valence-electron chi connectivity index (χ3n) is 3.96. The van der Waals surface area contributed by atoms with E-state index in [1.165, 1.54) is 12.0 Å². The molecule has 1 aromatic carbocycles. The molecule has 0 aliphatic heterocycles. The Kier molecular flexibility index (Phi) is 10.7. The molecule has 2 N–H and O–H groups in total. The van der Waals surface area contributed by atoms with E-state index in [0.29, 0.717) is 12.5 Å². The molecule has 136 valence electrons. The predicted molar refractivity (Wildman–Crippen MR) is 101 cm³/mol. The molecule has 0 aromatic heterocycles. The molecule has 0 saturated heterocycles. The third-order valence-corrected chi connectivity index (χ3v) is 3.96. The molecule has 5 heteroatoms. The van der Waals surface area contributed by atoms with Gasteiger partial charge < -0.3 is 20.1 Å². The molecule has 0 amide bonds. The van der Waals surface area contributed by atoms with Gasteiger partial charge in [-0.2, -0.15) is 0 Å². The molecule has 1 rings (SSSR count). The molecular formula is C19H33N3O2. The van der Waals surface area contributed by atoms with Crippen LogP contribution >= 0.6 is 0 Å². The van der Waals surface area contributed by atoms with Gasteiger partial charge in [0, 0.05) is 26.7 Å². The molecule has 0 fully saturated rings. The molecule has 0 aliphatic rings. The van der Waals surface area contributed by atoms with Crippen LogP contribution in [0.15, 0.2) is 29.3 Å². The summed E-state index contributed by atoms with van der Waals surface area (Å²) < 4.78 is 10.7. The minimum Gasteiger partial charge on any atom is -0.497 e. The Hall–Kier alpha value is -1.75. The van der Waals surface area contributed by atoms with Crippen molar-refractivity contribution in [2.75, 3.05) is 40.5 Å². The summed E-state index contributed by atoms with van der Waals surface area (Å²) in [6.07, 6.45) is 3.33. The van der Waals surface area contributed by atoms with E-state index in [-0.39, 0.29) is 0 Å². The molecule has 0 heterocycles. The monoisotopic (exact) mass is 335 g/mol. The van der Waals surface area contributed by atoms with Crippen molar-refractivity contribution in [3.8, 4) is 5.75 Å². The van der Waals surface area contributed by atoms with E-state index in [9.17, 15) is 0 Å². The van der Waals surface area contributed by atoms with Crippen LogP contribution in [0, 0.1) is 0 Å². The van der Waals surface area contributed by atoms with Gasteiger partial charge in [-0.3, -0.25) is 4.99 Å². The van der Waals surface area contributed by atoms with Gasteiger partial charge in [0.05, 0.1) is 13.7 Å². The fraction of sp³-hybridized carbons (Fsp3) is 0.632. The standard InChI is InChI=1S/C19H33N3O2/c1-5-6-14-24-15-13-22-19(20-3)21-12-11-16(2)17-7-9-18(23-4)10-8-17/h7-10,16H,5-6,11-15H2,1-4H3,(H2,20,21,22). The van der Waals surface area contributed by atoms with Gasteiger partial charge in [0.15, 0.2) is 5.96 Å². The lowest BCUT2D eigenvalue weighted by molar-refractivity contribution is 0.136. The number of ether oxygens (including phenoxy) is 2. The van der Waals surface area contributed by atoms with Gasteiger partial charge in [0.1, 0.15) is 5.75 Å².